The Kier molecular flexibility index (Phi) is 6.53. The zero-order chi connectivity index (χ0) is 18.5. The molecule has 1 aromatic heterocycles. The van der Waals surface area contributed by atoms with Crippen molar-refractivity contribution < 1.29 is 13.9 Å². The number of thioether (sulfide) groups is 1. The molecule has 0 fully saturated rings. The van der Waals surface area contributed by atoms with Gasteiger partial charge in [0, 0.05) is 45.0 Å². The molecule has 0 atom stereocenters. The number of rotatable bonds is 7. The lowest BCUT2D eigenvalue weighted by Crippen LogP contribution is -2.25. The van der Waals surface area contributed by atoms with E-state index in [0.29, 0.717) is 27.4 Å². The number of thiophene rings is 1. The summed E-state index contributed by atoms with van der Waals surface area (Å²) in [6.45, 7) is 0.707. The number of ether oxygens (including phenoxy) is 1. The predicted octanol–water partition coefficient (Wildman–Crippen LogP) is 5.36. The minimum absolute atomic E-state index is 0.198. The van der Waals surface area contributed by atoms with Crippen molar-refractivity contribution in [1.29, 1.82) is 0 Å². The fourth-order valence-corrected chi connectivity index (χ4v) is 4.61. The maximum atomic E-state index is 14.2. The van der Waals surface area contributed by atoms with Crippen LogP contribution >= 0.6 is 34.7 Å². The van der Waals surface area contributed by atoms with Gasteiger partial charge >= 0.3 is 0 Å². The number of amides is 1. The second-order valence-corrected chi connectivity index (χ2v) is 8.17. The first-order chi connectivity index (χ1) is 12.6. The molecule has 3 rings (SSSR count). The van der Waals surface area contributed by atoms with E-state index in [1.54, 1.807) is 17.8 Å². The fraction of sp³-hybridized carbons (Fsp3) is 0.211. The number of hydrogen-bond acceptors (Lipinski definition) is 4. The average molecular weight is 410 g/mol. The molecule has 0 saturated heterocycles. The Labute approximate surface area is 164 Å². The van der Waals surface area contributed by atoms with Crippen LogP contribution in [0.25, 0.3) is 10.1 Å². The summed E-state index contributed by atoms with van der Waals surface area (Å²) >= 11 is 8.79. The molecule has 0 spiro atoms. The van der Waals surface area contributed by atoms with Crippen molar-refractivity contribution in [2.24, 2.45) is 0 Å². The largest absolute Gasteiger partial charge is 0.380 e. The SMILES string of the molecule is COCc1c(C(=O)NCCSc2ccc(Cl)cc2)sc2cccc(F)c12. The molecule has 0 saturated carbocycles. The first-order valence-electron chi connectivity index (χ1n) is 7.95. The number of halogens is 2. The van der Waals surface area contributed by atoms with E-state index in [4.69, 9.17) is 16.3 Å². The normalized spacial score (nSPS) is 11.0. The number of carbonyl (C=O) groups is 1. The molecule has 0 unspecified atom stereocenters. The Balaban J connectivity index is 1.66. The summed E-state index contributed by atoms with van der Waals surface area (Å²) in [5.74, 6) is 0.198. The molecule has 0 bridgehead atoms. The lowest BCUT2D eigenvalue weighted by Gasteiger charge is -2.06. The molecular weight excluding hydrogens is 393 g/mol. The van der Waals surface area contributed by atoms with Crippen molar-refractivity contribution in [3.63, 3.8) is 0 Å². The van der Waals surface area contributed by atoms with E-state index < -0.39 is 0 Å². The van der Waals surface area contributed by atoms with Crippen molar-refractivity contribution in [3.05, 3.63) is 63.7 Å². The number of hydrogen-bond donors (Lipinski definition) is 1. The van der Waals surface area contributed by atoms with Gasteiger partial charge in [0.2, 0.25) is 0 Å². The van der Waals surface area contributed by atoms with Gasteiger partial charge in [-0.2, -0.15) is 0 Å². The van der Waals surface area contributed by atoms with Gasteiger partial charge in [0.25, 0.3) is 5.91 Å². The maximum Gasteiger partial charge on any atom is 0.261 e. The zero-order valence-electron chi connectivity index (χ0n) is 14.1. The molecule has 1 N–H and O–H groups in total. The van der Waals surface area contributed by atoms with Gasteiger partial charge in [-0.1, -0.05) is 17.7 Å². The van der Waals surface area contributed by atoms with Gasteiger partial charge in [0.1, 0.15) is 5.82 Å². The highest BCUT2D eigenvalue weighted by Crippen LogP contribution is 2.33. The highest BCUT2D eigenvalue weighted by Gasteiger charge is 2.20. The van der Waals surface area contributed by atoms with E-state index in [9.17, 15) is 9.18 Å². The number of nitrogens with one attached hydrogen (secondary N) is 1. The third-order valence-electron chi connectivity index (χ3n) is 3.73. The van der Waals surface area contributed by atoms with Gasteiger partial charge < -0.3 is 10.1 Å². The van der Waals surface area contributed by atoms with Crippen molar-refractivity contribution in [1.82, 2.24) is 5.32 Å². The van der Waals surface area contributed by atoms with Gasteiger partial charge in [0.15, 0.2) is 0 Å². The number of fused-ring (bicyclic) bond motifs is 1. The Hall–Kier alpha value is -1.60. The molecular formula is C19H17ClFNO2S2. The lowest BCUT2D eigenvalue weighted by atomic mass is 10.1. The van der Waals surface area contributed by atoms with Gasteiger partial charge in [-0.05, 0) is 36.4 Å². The molecule has 1 amide bonds. The van der Waals surface area contributed by atoms with Crippen LogP contribution in [0.5, 0.6) is 0 Å². The van der Waals surface area contributed by atoms with E-state index in [0.717, 1.165) is 15.3 Å². The summed E-state index contributed by atoms with van der Waals surface area (Å²) in [5.41, 5.74) is 0.605. The zero-order valence-corrected chi connectivity index (χ0v) is 16.4. The van der Waals surface area contributed by atoms with Crippen LogP contribution in [0, 0.1) is 5.82 Å². The molecule has 0 aliphatic rings. The van der Waals surface area contributed by atoms with Crippen LogP contribution in [-0.4, -0.2) is 25.3 Å². The average Bonchev–Trinajstić information content (AvgIpc) is 3.00. The van der Waals surface area contributed by atoms with Crippen LogP contribution in [0.1, 0.15) is 15.2 Å². The van der Waals surface area contributed by atoms with Crippen molar-refractivity contribution in [3.8, 4) is 0 Å². The van der Waals surface area contributed by atoms with E-state index in [-0.39, 0.29) is 18.3 Å². The summed E-state index contributed by atoms with van der Waals surface area (Å²) in [4.78, 5) is 14.2. The van der Waals surface area contributed by atoms with Crippen molar-refractivity contribution >= 4 is 50.7 Å². The molecule has 2 aromatic carbocycles. The van der Waals surface area contributed by atoms with Gasteiger partial charge in [0.05, 0.1) is 11.5 Å². The summed E-state index contributed by atoms with van der Waals surface area (Å²) in [6.07, 6.45) is 0. The molecule has 3 aromatic rings. The van der Waals surface area contributed by atoms with Gasteiger partial charge in [-0.15, -0.1) is 23.1 Å². The predicted molar refractivity (Wildman–Crippen MR) is 107 cm³/mol. The standard InChI is InChI=1S/C19H17ClFNO2S2/c1-24-11-14-17-15(21)3-2-4-16(17)26-18(14)19(23)22-9-10-25-13-7-5-12(20)6-8-13/h2-8H,9-11H2,1H3,(H,22,23). The van der Waals surface area contributed by atoms with Gasteiger partial charge in [-0.3, -0.25) is 4.79 Å². The molecule has 0 aliphatic carbocycles. The lowest BCUT2D eigenvalue weighted by molar-refractivity contribution is 0.0956. The highest BCUT2D eigenvalue weighted by atomic mass is 35.5. The topological polar surface area (TPSA) is 38.3 Å². The molecule has 7 heteroatoms. The molecule has 3 nitrogen and oxygen atoms in total. The van der Waals surface area contributed by atoms with Crippen LogP contribution in [0.3, 0.4) is 0 Å². The summed E-state index contributed by atoms with van der Waals surface area (Å²) < 4.78 is 20.1. The van der Waals surface area contributed by atoms with Gasteiger partial charge in [-0.25, -0.2) is 4.39 Å². The molecule has 26 heavy (non-hydrogen) atoms. The summed E-state index contributed by atoms with van der Waals surface area (Å²) in [5, 5.41) is 4.08. The molecule has 0 radical (unpaired) electrons. The van der Waals surface area contributed by atoms with E-state index in [1.165, 1.54) is 24.5 Å². The summed E-state index contributed by atoms with van der Waals surface area (Å²) in [6, 6.07) is 12.4. The first kappa shape index (κ1) is 19.2. The Morgan fingerprint density at radius 1 is 1.27 bits per heavy atom. The fourth-order valence-electron chi connectivity index (χ4n) is 2.58. The monoisotopic (exact) mass is 409 g/mol. The number of methoxy groups -OCH3 is 1. The minimum atomic E-state index is -0.330. The van der Waals surface area contributed by atoms with Crippen molar-refractivity contribution in [2.45, 2.75) is 11.5 Å². The molecule has 136 valence electrons. The molecule has 1 heterocycles. The Bertz CT molecular complexity index is 912. The second kappa shape index (κ2) is 8.86. The van der Waals surface area contributed by atoms with E-state index in [2.05, 4.69) is 5.32 Å². The highest BCUT2D eigenvalue weighted by molar-refractivity contribution is 7.99. The summed E-state index contributed by atoms with van der Waals surface area (Å²) in [7, 11) is 1.54. The smallest absolute Gasteiger partial charge is 0.261 e. The van der Waals surface area contributed by atoms with Crippen LogP contribution in [0.15, 0.2) is 47.4 Å². The van der Waals surface area contributed by atoms with Crippen LogP contribution < -0.4 is 5.32 Å². The first-order valence-corrected chi connectivity index (χ1v) is 10.1. The van der Waals surface area contributed by atoms with Crippen molar-refractivity contribution in [2.75, 3.05) is 19.4 Å². The number of carbonyl (C=O) groups excluding carboxylic acids is 1. The minimum Gasteiger partial charge on any atom is -0.380 e. The van der Waals surface area contributed by atoms with Crippen LogP contribution in [0.4, 0.5) is 4.39 Å². The second-order valence-electron chi connectivity index (χ2n) is 5.51. The van der Waals surface area contributed by atoms with E-state index in [1.807, 2.05) is 30.3 Å². The third-order valence-corrected chi connectivity index (χ3v) is 6.19. The maximum absolute atomic E-state index is 14.2. The Morgan fingerprint density at radius 2 is 2.04 bits per heavy atom. The van der Waals surface area contributed by atoms with E-state index >= 15 is 0 Å². The Morgan fingerprint density at radius 3 is 2.77 bits per heavy atom. The van der Waals surface area contributed by atoms with Crippen LogP contribution in [0.2, 0.25) is 5.02 Å². The molecule has 0 aliphatic heterocycles. The number of benzene rings is 2. The van der Waals surface area contributed by atoms with Crippen LogP contribution in [-0.2, 0) is 11.3 Å². The quantitative estimate of drug-likeness (QED) is 0.421. The third kappa shape index (κ3) is 4.38.